The Morgan fingerprint density at radius 3 is 2.52 bits per heavy atom. The zero-order valence-corrected chi connectivity index (χ0v) is 13.3. The number of carbonyl (C=O) groups excluding carboxylic acids is 1. The Morgan fingerprint density at radius 1 is 1.28 bits per heavy atom. The van der Waals surface area contributed by atoms with E-state index in [1.165, 1.54) is 24.3 Å². The third kappa shape index (κ3) is 5.60. The lowest BCUT2D eigenvalue weighted by Crippen LogP contribution is -2.28. The minimum atomic E-state index is -4.70. The summed E-state index contributed by atoms with van der Waals surface area (Å²) in [6, 6.07) is 5.27. The van der Waals surface area contributed by atoms with Crippen molar-refractivity contribution in [2.45, 2.75) is 20.0 Å². The van der Waals surface area contributed by atoms with Gasteiger partial charge in [-0.25, -0.2) is 10.3 Å². The van der Waals surface area contributed by atoms with Crippen LogP contribution in [0.2, 0.25) is 0 Å². The van der Waals surface area contributed by atoms with Gasteiger partial charge in [0.25, 0.3) is 0 Å². The van der Waals surface area contributed by atoms with Gasteiger partial charge in [0.1, 0.15) is 0 Å². The number of urea groups is 1. The first-order valence-corrected chi connectivity index (χ1v) is 7.09. The number of anilines is 1. The van der Waals surface area contributed by atoms with E-state index in [1.807, 2.05) is 13.8 Å². The van der Waals surface area contributed by atoms with E-state index < -0.39 is 18.1 Å². The fourth-order valence-corrected chi connectivity index (χ4v) is 1.63. The fraction of sp³-hybridized carbons (Fsp3) is 0.267. The molecule has 0 aliphatic heterocycles. The topological polar surface area (TPSA) is 89.3 Å². The minimum Gasteiger partial charge on any atom is -0.329 e. The summed E-state index contributed by atoms with van der Waals surface area (Å²) >= 11 is 0. The van der Waals surface area contributed by atoms with Crippen LogP contribution in [-0.4, -0.2) is 22.8 Å². The monoisotopic (exact) mass is 356 g/mol. The summed E-state index contributed by atoms with van der Waals surface area (Å²) in [5.41, 5.74) is 3.96. The summed E-state index contributed by atoms with van der Waals surface area (Å²) in [6.07, 6.45) is -2.91. The standard InChI is InChI=1S/C15H15F3N4O3/c1-9(2)7-8-24-22-14(23)19-11-5-3-10(4-6-11)12-20-13(25-21-12)15(16,17)18/h3-7H,8H2,1-2H3,(H2,19,22,23). The predicted molar refractivity (Wildman–Crippen MR) is 82.3 cm³/mol. The largest absolute Gasteiger partial charge is 0.471 e. The lowest BCUT2D eigenvalue weighted by Gasteiger charge is -2.07. The normalized spacial score (nSPS) is 11.1. The molecule has 1 aromatic carbocycles. The van der Waals surface area contributed by atoms with Crippen LogP contribution >= 0.6 is 0 Å². The molecule has 0 spiro atoms. The molecule has 0 bridgehead atoms. The Labute approximate surface area is 140 Å². The van der Waals surface area contributed by atoms with Crippen molar-refractivity contribution in [3.63, 3.8) is 0 Å². The first-order chi connectivity index (χ1) is 11.8. The van der Waals surface area contributed by atoms with E-state index in [2.05, 4.69) is 25.5 Å². The Balaban J connectivity index is 1.92. The molecule has 0 fully saturated rings. The quantitative estimate of drug-likeness (QED) is 0.483. The van der Waals surface area contributed by atoms with Crippen molar-refractivity contribution < 1.29 is 27.3 Å². The molecule has 134 valence electrons. The molecule has 0 saturated carbocycles. The Morgan fingerprint density at radius 2 is 1.96 bits per heavy atom. The van der Waals surface area contributed by atoms with Crippen LogP contribution < -0.4 is 10.8 Å². The molecule has 0 radical (unpaired) electrons. The average molecular weight is 356 g/mol. The number of hydrogen-bond acceptors (Lipinski definition) is 5. The maximum Gasteiger partial charge on any atom is 0.471 e. The maximum atomic E-state index is 12.4. The number of aromatic nitrogens is 2. The van der Waals surface area contributed by atoms with Crippen LogP contribution in [0.15, 0.2) is 40.4 Å². The Bertz CT molecular complexity index is 750. The number of hydroxylamine groups is 1. The van der Waals surface area contributed by atoms with Crippen molar-refractivity contribution in [1.29, 1.82) is 0 Å². The third-order valence-corrected chi connectivity index (χ3v) is 2.81. The molecule has 1 aromatic heterocycles. The van der Waals surface area contributed by atoms with Gasteiger partial charge in [-0.05, 0) is 38.1 Å². The Kier molecular flexibility index (Phi) is 5.75. The summed E-state index contributed by atoms with van der Waals surface area (Å²) in [6.45, 7) is 4.02. The highest BCUT2D eigenvalue weighted by Gasteiger charge is 2.38. The van der Waals surface area contributed by atoms with Crippen LogP contribution in [0.4, 0.5) is 23.7 Å². The highest BCUT2D eigenvalue weighted by Crippen LogP contribution is 2.29. The van der Waals surface area contributed by atoms with E-state index in [-0.39, 0.29) is 12.4 Å². The van der Waals surface area contributed by atoms with Crippen LogP contribution in [0, 0.1) is 0 Å². The van der Waals surface area contributed by atoms with E-state index in [1.54, 1.807) is 6.08 Å². The number of benzene rings is 1. The summed E-state index contributed by atoms with van der Waals surface area (Å²) < 4.78 is 41.5. The van der Waals surface area contributed by atoms with Gasteiger partial charge >= 0.3 is 18.1 Å². The lowest BCUT2D eigenvalue weighted by atomic mass is 10.2. The average Bonchev–Trinajstić information content (AvgIpc) is 3.02. The molecule has 1 heterocycles. The second-order valence-corrected chi connectivity index (χ2v) is 5.15. The second kappa shape index (κ2) is 7.79. The van der Waals surface area contributed by atoms with Crippen LogP contribution in [0.3, 0.4) is 0 Å². The Hall–Kier alpha value is -2.88. The molecular weight excluding hydrogens is 341 g/mol. The fourth-order valence-electron chi connectivity index (χ4n) is 1.63. The molecule has 7 nitrogen and oxygen atoms in total. The molecule has 0 unspecified atom stereocenters. The van der Waals surface area contributed by atoms with Crippen molar-refractivity contribution in [3.8, 4) is 11.4 Å². The lowest BCUT2D eigenvalue weighted by molar-refractivity contribution is -0.159. The number of nitrogens with one attached hydrogen (secondary N) is 2. The minimum absolute atomic E-state index is 0.201. The molecule has 0 atom stereocenters. The highest BCUT2D eigenvalue weighted by molar-refractivity contribution is 5.88. The molecule has 2 N–H and O–H groups in total. The molecule has 2 rings (SSSR count). The number of halogens is 3. The van der Waals surface area contributed by atoms with Gasteiger partial charge in [-0.15, -0.1) is 0 Å². The summed E-state index contributed by atoms with van der Waals surface area (Å²) in [7, 11) is 0. The van der Waals surface area contributed by atoms with E-state index in [4.69, 9.17) is 4.84 Å². The first kappa shape index (κ1) is 18.5. The molecule has 0 saturated heterocycles. The molecule has 0 aliphatic carbocycles. The molecule has 25 heavy (non-hydrogen) atoms. The number of rotatable bonds is 5. The van der Waals surface area contributed by atoms with Crippen molar-refractivity contribution in [3.05, 3.63) is 41.8 Å². The third-order valence-electron chi connectivity index (χ3n) is 2.81. The SMILES string of the molecule is CC(C)=CCONC(=O)Nc1ccc(-c2noc(C(F)(F)F)n2)cc1. The second-order valence-electron chi connectivity index (χ2n) is 5.15. The summed E-state index contributed by atoms with van der Waals surface area (Å²) in [5, 5.41) is 5.77. The van der Waals surface area contributed by atoms with Crippen molar-refractivity contribution >= 4 is 11.7 Å². The smallest absolute Gasteiger partial charge is 0.329 e. The van der Waals surface area contributed by atoms with Crippen LogP contribution in [0.25, 0.3) is 11.4 Å². The predicted octanol–water partition coefficient (Wildman–Crippen LogP) is 3.77. The van der Waals surface area contributed by atoms with Crippen molar-refractivity contribution in [2.24, 2.45) is 0 Å². The summed E-state index contributed by atoms with van der Waals surface area (Å²) in [4.78, 5) is 19.8. The van der Waals surface area contributed by atoms with Gasteiger partial charge in [0.2, 0.25) is 5.82 Å². The van der Waals surface area contributed by atoms with E-state index >= 15 is 0 Å². The molecular formula is C15H15F3N4O3. The molecule has 10 heteroatoms. The van der Waals surface area contributed by atoms with E-state index in [9.17, 15) is 18.0 Å². The van der Waals surface area contributed by atoms with Gasteiger partial charge in [-0.2, -0.15) is 18.2 Å². The van der Waals surface area contributed by atoms with Gasteiger partial charge < -0.3 is 9.84 Å². The number of hydrogen-bond donors (Lipinski definition) is 2. The van der Waals surface area contributed by atoms with E-state index in [0.29, 0.717) is 11.3 Å². The number of allylic oxidation sites excluding steroid dienone is 1. The highest BCUT2D eigenvalue weighted by atomic mass is 19.4. The van der Waals surface area contributed by atoms with Gasteiger partial charge in [0.05, 0.1) is 6.61 Å². The number of nitrogens with zero attached hydrogens (tertiary/aromatic N) is 2. The van der Waals surface area contributed by atoms with Crippen LogP contribution in [0.5, 0.6) is 0 Å². The maximum absolute atomic E-state index is 12.4. The number of alkyl halides is 3. The van der Waals surface area contributed by atoms with Crippen LogP contribution in [-0.2, 0) is 11.0 Å². The van der Waals surface area contributed by atoms with Gasteiger partial charge in [0.15, 0.2) is 0 Å². The zero-order valence-electron chi connectivity index (χ0n) is 13.3. The van der Waals surface area contributed by atoms with Crippen molar-refractivity contribution in [2.75, 3.05) is 11.9 Å². The first-order valence-electron chi connectivity index (χ1n) is 7.09. The van der Waals surface area contributed by atoms with Crippen LogP contribution in [0.1, 0.15) is 19.7 Å². The van der Waals surface area contributed by atoms with E-state index in [0.717, 1.165) is 5.57 Å². The molecule has 0 aliphatic rings. The molecule has 2 amide bonds. The number of amides is 2. The zero-order chi connectivity index (χ0) is 18.4. The van der Waals surface area contributed by atoms with Crippen molar-refractivity contribution in [1.82, 2.24) is 15.6 Å². The van der Waals surface area contributed by atoms with Gasteiger partial charge in [-0.1, -0.05) is 16.8 Å². The molecule has 2 aromatic rings. The van der Waals surface area contributed by atoms with Gasteiger partial charge in [0, 0.05) is 11.3 Å². The summed E-state index contributed by atoms with van der Waals surface area (Å²) in [5.74, 6) is -1.62. The van der Waals surface area contributed by atoms with Gasteiger partial charge in [-0.3, -0.25) is 4.84 Å². The number of carbonyl (C=O) groups is 1.